The minimum absolute atomic E-state index is 0.124. The zero-order valence-electron chi connectivity index (χ0n) is 10.2. The molecule has 8 nitrogen and oxygen atoms in total. The van der Waals surface area contributed by atoms with Crippen molar-refractivity contribution in [3.8, 4) is 0 Å². The summed E-state index contributed by atoms with van der Waals surface area (Å²) in [5.74, 6) is 5.71. The van der Waals surface area contributed by atoms with Gasteiger partial charge in [0.1, 0.15) is 12.2 Å². The number of nitrogens with two attached hydrogens (primary N) is 1. The fourth-order valence-electron chi connectivity index (χ4n) is 1.51. The van der Waals surface area contributed by atoms with E-state index in [1.54, 1.807) is 12.1 Å². The predicted molar refractivity (Wildman–Crippen MR) is 69.3 cm³/mol. The third-order valence-corrected chi connectivity index (χ3v) is 4.38. The first-order valence-corrected chi connectivity index (χ1v) is 6.85. The van der Waals surface area contributed by atoms with Crippen LogP contribution in [0.1, 0.15) is 5.82 Å². The molecule has 0 radical (unpaired) electrons. The smallest absolute Gasteiger partial charge is 0.243 e. The summed E-state index contributed by atoms with van der Waals surface area (Å²) in [6.45, 7) is 0.124. The highest BCUT2D eigenvalue weighted by atomic mass is 32.2. The maximum Gasteiger partial charge on any atom is 0.243 e. The van der Waals surface area contributed by atoms with E-state index in [-0.39, 0.29) is 11.4 Å². The van der Waals surface area contributed by atoms with Gasteiger partial charge >= 0.3 is 0 Å². The van der Waals surface area contributed by atoms with Crippen molar-refractivity contribution >= 4 is 15.7 Å². The molecule has 0 unspecified atom stereocenters. The SMILES string of the molecule is CN(Cc1ncn[nH]1)S(=O)(=O)c1ccc(NN)cc1. The average Bonchev–Trinajstić information content (AvgIpc) is 2.91. The van der Waals surface area contributed by atoms with E-state index in [1.165, 1.54) is 29.8 Å². The van der Waals surface area contributed by atoms with Gasteiger partial charge in [-0.2, -0.15) is 9.40 Å². The highest BCUT2D eigenvalue weighted by Crippen LogP contribution is 2.17. The number of rotatable bonds is 5. The first kappa shape index (κ1) is 13.5. The Morgan fingerprint density at radius 1 is 1.37 bits per heavy atom. The van der Waals surface area contributed by atoms with E-state index in [0.717, 1.165) is 0 Å². The lowest BCUT2D eigenvalue weighted by Crippen LogP contribution is -2.27. The second kappa shape index (κ2) is 5.34. The number of aromatic nitrogens is 3. The van der Waals surface area contributed by atoms with Gasteiger partial charge in [0.15, 0.2) is 0 Å². The predicted octanol–water partition coefficient (Wildman–Crippen LogP) is -0.0890. The molecule has 102 valence electrons. The summed E-state index contributed by atoms with van der Waals surface area (Å²) in [6.07, 6.45) is 1.33. The summed E-state index contributed by atoms with van der Waals surface area (Å²) in [7, 11) is -2.08. The van der Waals surface area contributed by atoms with Crippen molar-refractivity contribution in [3.63, 3.8) is 0 Å². The zero-order valence-corrected chi connectivity index (χ0v) is 11.1. The van der Waals surface area contributed by atoms with Gasteiger partial charge in [0.25, 0.3) is 0 Å². The Balaban J connectivity index is 2.20. The molecule has 1 heterocycles. The van der Waals surface area contributed by atoms with Crippen LogP contribution in [0.25, 0.3) is 0 Å². The van der Waals surface area contributed by atoms with Crippen LogP contribution < -0.4 is 11.3 Å². The number of aromatic amines is 1. The van der Waals surface area contributed by atoms with Crippen molar-refractivity contribution in [2.24, 2.45) is 5.84 Å². The van der Waals surface area contributed by atoms with Gasteiger partial charge in [0, 0.05) is 12.7 Å². The Bertz CT molecular complexity index is 623. The topological polar surface area (TPSA) is 117 Å². The fourth-order valence-corrected chi connectivity index (χ4v) is 2.64. The lowest BCUT2D eigenvalue weighted by atomic mass is 10.3. The van der Waals surface area contributed by atoms with E-state index in [0.29, 0.717) is 11.5 Å². The minimum Gasteiger partial charge on any atom is -0.324 e. The summed E-state index contributed by atoms with van der Waals surface area (Å²) in [5, 5.41) is 6.29. The van der Waals surface area contributed by atoms with Gasteiger partial charge in [0.2, 0.25) is 10.0 Å². The van der Waals surface area contributed by atoms with Gasteiger partial charge in [-0.05, 0) is 24.3 Å². The summed E-state index contributed by atoms with van der Waals surface area (Å²) in [4.78, 5) is 4.08. The molecule has 1 aromatic carbocycles. The molecule has 0 aliphatic carbocycles. The molecule has 2 aromatic rings. The van der Waals surface area contributed by atoms with Crippen LogP contribution in [0.2, 0.25) is 0 Å². The Morgan fingerprint density at radius 2 is 2.05 bits per heavy atom. The molecule has 0 saturated heterocycles. The van der Waals surface area contributed by atoms with Crippen molar-refractivity contribution in [1.29, 1.82) is 0 Å². The van der Waals surface area contributed by atoms with Crippen molar-refractivity contribution in [2.75, 3.05) is 12.5 Å². The summed E-state index contributed by atoms with van der Waals surface area (Å²) in [6, 6.07) is 6.16. The minimum atomic E-state index is -3.56. The standard InChI is InChI=1S/C10H14N6O2S/c1-16(6-10-12-7-13-15-10)19(17,18)9-4-2-8(14-11)3-5-9/h2-5,7,14H,6,11H2,1H3,(H,12,13,15). The van der Waals surface area contributed by atoms with Crippen molar-refractivity contribution in [2.45, 2.75) is 11.4 Å². The highest BCUT2D eigenvalue weighted by Gasteiger charge is 2.21. The highest BCUT2D eigenvalue weighted by molar-refractivity contribution is 7.89. The molecule has 0 bridgehead atoms. The van der Waals surface area contributed by atoms with Crippen LogP contribution >= 0.6 is 0 Å². The number of hydrogen-bond donors (Lipinski definition) is 3. The van der Waals surface area contributed by atoms with Crippen molar-refractivity contribution in [1.82, 2.24) is 19.5 Å². The van der Waals surface area contributed by atoms with Gasteiger partial charge in [-0.15, -0.1) is 0 Å². The molecule has 0 spiro atoms. The number of nitrogens with one attached hydrogen (secondary N) is 2. The van der Waals surface area contributed by atoms with Gasteiger partial charge in [-0.3, -0.25) is 10.9 Å². The van der Waals surface area contributed by atoms with Crippen LogP contribution in [-0.2, 0) is 16.6 Å². The number of sulfonamides is 1. The van der Waals surface area contributed by atoms with Crippen LogP contribution in [0.5, 0.6) is 0 Å². The van der Waals surface area contributed by atoms with Gasteiger partial charge in [0.05, 0.1) is 11.4 Å². The summed E-state index contributed by atoms with van der Waals surface area (Å²) in [5.41, 5.74) is 3.08. The number of nitrogens with zero attached hydrogens (tertiary/aromatic N) is 3. The van der Waals surface area contributed by atoms with E-state index in [1.807, 2.05) is 0 Å². The Labute approximate surface area is 110 Å². The third kappa shape index (κ3) is 2.89. The molecule has 0 saturated carbocycles. The second-order valence-electron chi connectivity index (χ2n) is 3.86. The molecule has 9 heteroatoms. The van der Waals surface area contributed by atoms with E-state index in [4.69, 9.17) is 5.84 Å². The molecule has 2 rings (SSSR count). The quantitative estimate of drug-likeness (QED) is 0.521. The van der Waals surface area contributed by atoms with Crippen LogP contribution in [-0.4, -0.2) is 35.0 Å². The zero-order chi connectivity index (χ0) is 13.9. The van der Waals surface area contributed by atoms with E-state index < -0.39 is 10.0 Å². The maximum atomic E-state index is 12.3. The maximum absolute atomic E-state index is 12.3. The van der Waals surface area contributed by atoms with E-state index in [2.05, 4.69) is 20.6 Å². The second-order valence-corrected chi connectivity index (χ2v) is 5.91. The number of benzene rings is 1. The molecule has 0 fully saturated rings. The Hall–Kier alpha value is -1.97. The van der Waals surface area contributed by atoms with Crippen molar-refractivity contribution in [3.05, 3.63) is 36.4 Å². The van der Waals surface area contributed by atoms with Crippen LogP contribution in [0.15, 0.2) is 35.5 Å². The van der Waals surface area contributed by atoms with Crippen LogP contribution in [0, 0.1) is 0 Å². The molecule has 4 N–H and O–H groups in total. The van der Waals surface area contributed by atoms with E-state index in [9.17, 15) is 8.42 Å². The molecule has 0 atom stereocenters. The number of hydrogen-bond acceptors (Lipinski definition) is 6. The molecule has 0 amide bonds. The monoisotopic (exact) mass is 282 g/mol. The lowest BCUT2D eigenvalue weighted by Gasteiger charge is -2.15. The number of hydrazine groups is 1. The first-order valence-electron chi connectivity index (χ1n) is 5.41. The Morgan fingerprint density at radius 3 is 2.58 bits per heavy atom. The molecule has 0 aliphatic heterocycles. The van der Waals surface area contributed by atoms with Gasteiger partial charge in [-0.25, -0.2) is 13.4 Å². The normalized spacial score (nSPS) is 11.7. The molecule has 0 aliphatic rings. The van der Waals surface area contributed by atoms with Crippen LogP contribution in [0.3, 0.4) is 0 Å². The Kier molecular flexibility index (Phi) is 3.79. The summed E-state index contributed by atoms with van der Waals surface area (Å²) >= 11 is 0. The lowest BCUT2D eigenvalue weighted by molar-refractivity contribution is 0.457. The first-order chi connectivity index (χ1) is 9.04. The third-order valence-electron chi connectivity index (χ3n) is 2.57. The van der Waals surface area contributed by atoms with E-state index >= 15 is 0 Å². The fraction of sp³-hybridized carbons (Fsp3) is 0.200. The number of nitrogen functional groups attached to an aromatic ring is 1. The van der Waals surface area contributed by atoms with Gasteiger partial charge < -0.3 is 5.43 Å². The largest absolute Gasteiger partial charge is 0.324 e. The van der Waals surface area contributed by atoms with Gasteiger partial charge in [-0.1, -0.05) is 0 Å². The molecular formula is C10H14N6O2S. The molecule has 1 aromatic heterocycles. The summed E-state index contributed by atoms with van der Waals surface area (Å²) < 4.78 is 25.7. The molecular weight excluding hydrogens is 268 g/mol. The van der Waals surface area contributed by atoms with Crippen LogP contribution in [0.4, 0.5) is 5.69 Å². The molecule has 19 heavy (non-hydrogen) atoms. The average molecular weight is 282 g/mol. The number of anilines is 1. The number of H-pyrrole nitrogens is 1. The van der Waals surface area contributed by atoms with Crippen molar-refractivity contribution < 1.29 is 8.42 Å².